The Morgan fingerprint density at radius 1 is 1.55 bits per heavy atom. The molecule has 3 nitrogen and oxygen atoms in total. The molecule has 1 aliphatic rings. The van der Waals surface area contributed by atoms with Crippen LogP contribution in [0.15, 0.2) is 0 Å². The van der Waals surface area contributed by atoms with E-state index in [0.29, 0.717) is 11.8 Å². The van der Waals surface area contributed by atoms with Gasteiger partial charge < -0.3 is 10.2 Å². The van der Waals surface area contributed by atoms with Crippen LogP contribution in [0.4, 0.5) is 4.79 Å². The summed E-state index contributed by atoms with van der Waals surface area (Å²) < 4.78 is 0. The number of carbonyl (C=O) groups excluding carboxylic acids is 1. The van der Waals surface area contributed by atoms with E-state index in [1.807, 2.05) is 4.90 Å². The smallest absolute Gasteiger partial charge is 0.317 e. The predicted octanol–water partition coefficient (Wildman–Crippen LogP) is 0.914. The first kappa shape index (κ1) is 8.37. The third kappa shape index (κ3) is 1.64. The van der Waals surface area contributed by atoms with E-state index < -0.39 is 0 Å². The number of nitrogens with zero attached hydrogens (tertiary/aromatic N) is 1. The van der Waals surface area contributed by atoms with Gasteiger partial charge in [0.15, 0.2) is 0 Å². The maximum absolute atomic E-state index is 11.0. The molecule has 0 radical (unpaired) electrons. The molecule has 2 amide bonds. The molecule has 0 atom stereocenters. The van der Waals surface area contributed by atoms with Crippen molar-refractivity contribution in [3.05, 3.63) is 0 Å². The number of carbonyl (C=O) groups is 1. The van der Waals surface area contributed by atoms with Crippen molar-refractivity contribution in [2.45, 2.75) is 13.8 Å². The summed E-state index contributed by atoms with van der Waals surface area (Å²) in [5, 5.41) is 2.61. The Morgan fingerprint density at radius 3 is 2.45 bits per heavy atom. The molecule has 1 rings (SSSR count). The summed E-state index contributed by atoms with van der Waals surface area (Å²) in [6.45, 7) is 6.26. The monoisotopic (exact) mass is 156 g/mol. The third-order valence-corrected chi connectivity index (χ3v) is 2.35. The summed E-state index contributed by atoms with van der Waals surface area (Å²) in [6.07, 6.45) is 0. The molecule has 1 saturated heterocycles. The molecule has 1 heterocycles. The summed E-state index contributed by atoms with van der Waals surface area (Å²) in [7, 11) is 1.67. The largest absolute Gasteiger partial charge is 0.341 e. The number of hydrogen-bond donors (Lipinski definition) is 1. The van der Waals surface area contributed by atoms with Crippen LogP contribution in [0.25, 0.3) is 0 Å². The Bertz CT molecular complexity index is 150. The number of likely N-dealkylation sites (tertiary alicyclic amines) is 1. The predicted molar refractivity (Wildman–Crippen MR) is 44.4 cm³/mol. The van der Waals surface area contributed by atoms with Crippen LogP contribution in [0.2, 0.25) is 0 Å². The SMILES string of the molecule is CNC(=O)N1CC(C(C)C)C1. The van der Waals surface area contributed by atoms with Crippen LogP contribution in [0.5, 0.6) is 0 Å². The number of rotatable bonds is 1. The average molecular weight is 156 g/mol. The molecule has 1 aliphatic heterocycles. The van der Waals surface area contributed by atoms with E-state index in [4.69, 9.17) is 0 Å². The minimum Gasteiger partial charge on any atom is -0.341 e. The highest BCUT2D eigenvalue weighted by Gasteiger charge is 2.31. The van der Waals surface area contributed by atoms with Crippen molar-refractivity contribution >= 4 is 6.03 Å². The second-order valence-corrected chi connectivity index (χ2v) is 3.46. The van der Waals surface area contributed by atoms with Gasteiger partial charge in [0.2, 0.25) is 0 Å². The van der Waals surface area contributed by atoms with Gasteiger partial charge in [0.25, 0.3) is 0 Å². The Labute approximate surface area is 67.8 Å². The second-order valence-electron chi connectivity index (χ2n) is 3.46. The van der Waals surface area contributed by atoms with Crippen LogP contribution < -0.4 is 5.32 Å². The van der Waals surface area contributed by atoms with Gasteiger partial charge in [0.05, 0.1) is 0 Å². The van der Waals surface area contributed by atoms with E-state index in [1.54, 1.807) is 7.05 Å². The van der Waals surface area contributed by atoms with E-state index in [0.717, 1.165) is 13.1 Å². The lowest BCUT2D eigenvalue weighted by molar-refractivity contribution is 0.0954. The number of amides is 2. The molecule has 0 unspecified atom stereocenters. The lowest BCUT2D eigenvalue weighted by Gasteiger charge is -2.41. The highest BCUT2D eigenvalue weighted by Crippen LogP contribution is 2.22. The van der Waals surface area contributed by atoms with Gasteiger partial charge in [-0.1, -0.05) is 13.8 Å². The minimum atomic E-state index is 0.0573. The molecule has 0 saturated carbocycles. The summed E-state index contributed by atoms with van der Waals surface area (Å²) in [4.78, 5) is 12.8. The van der Waals surface area contributed by atoms with Crippen molar-refractivity contribution in [1.82, 2.24) is 10.2 Å². The van der Waals surface area contributed by atoms with Gasteiger partial charge in [0.1, 0.15) is 0 Å². The van der Waals surface area contributed by atoms with Crippen molar-refractivity contribution in [3.63, 3.8) is 0 Å². The Hall–Kier alpha value is -0.730. The molecular formula is C8H16N2O. The summed E-state index contributed by atoms with van der Waals surface area (Å²) >= 11 is 0. The van der Waals surface area contributed by atoms with Gasteiger partial charge in [-0.05, 0) is 11.8 Å². The topological polar surface area (TPSA) is 32.3 Å². The van der Waals surface area contributed by atoms with Gasteiger partial charge in [-0.2, -0.15) is 0 Å². The normalized spacial score (nSPS) is 18.4. The molecule has 0 aliphatic carbocycles. The lowest BCUT2D eigenvalue weighted by Crippen LogP contribution is -2.54. The van der Waals surface area contributed by atoms with E-state index >= 15 is 0 Å². The molecule has 11 heavy (non-hydrogen) atoms. The zero-order chi connectivity index (χ0) is 8.43. The average Bonchev–Trinajstić information content (AvgIpc) is 1.83. The highest BCUT2D eigenvalue weighted by atomic mass is 16.2. The lowest BCUT2D eigenvalue weighted by atomic mass is 9.89. The fourth-order valence-corrected chi connectivity index (χ4v) is 1.26. The number of urea groups is 1. The van der Waals surface area contributed by atoms with Crippen LogP contribution in [-0.4, -0.2) is 31.1 Å². The van der Waals surface area contributed by atoms with Gasteiger partial charge in [-0.15, -0.1) is 0 Å². The Kier molecular flexibility index (Phi) is 2.37. The third-order valence-electron chi connectivity index (χ3n) is 2.35. The summed E-state index contributed by atoms with van der Waals surface area (Å²) in [6, 6.07) is 0.0573. The molecule has 0 aromatic carbocycles. The minimum absolute atomic E-state index is 0.0573. The van der Waals surface area contributed by atoms with Crippen LogP contribution >= 0.6 is 0 Å². The fourth-order valence-electron chi connectivity index (χ4n) is 1.26. The molecular weight excluding hydrogens is 140 g/mol. The molecule has 1 N–H and O–H groups in total. The first-order valence-electron chi connectivity index (χ1n) is 4.11. The number of hydrogen-bond acceptors (Lipinski definition) is 1. The standard InChI is InChI=1S/C8H16N2O/c1-6(2)7-4-10(5-7)8(11)9-3/h6-7H,4-5H2,1-3H3,(H,9,11). The summed E-state index contributed by atoms with van der Waals surface area (Å²) in [5.41, 5.74) is 0. The van der Waals surface area contributed by atoms with Crippen LogP contribution in [0, 0.1) is 11.8 Å². The van der Waals surface area contributed by atoms with Crippen LogP contribution in [-0.2, 0) is 0 Å². The van der Waals surface area contributed by atoms with Crippen LogP contribution in [0.1, 0.15) is 13.8 Å². The summed E-state index contributed by atoms with van der Waals surface area (Å²) in [5.74, 6) is 1.42. The van der Waals surface area contributed by atoms with E-state index in [-0.39, 0.29) is 6.03 Å². The zero-order valence-corrected chi connectivity index (χ0v) is 7.42. The van der Waals surface area contributed by atoms with E-state index in [9.17, 15) is 4.79 Å². The van der Waals surface area contributed by atoms with Crippen LogP contribution in [0.3, 0.4) is 0 Å². The van der Waals surface area contributed by atoms with Crippen molar-refractivity contribution in [3.8, 4) is 0 Å². The second kappa shape index (κ2) is 3.11. The van der Waals surface area contributed by atoms with Gasteiger partial charge in [0, 0.05) is 20.1 Å². The quantitative estimate of drug-likeness (QED) is 0.601. The fraction of sp³-hybridized carbons (Fsp3) is 0.875. The maximum atomic E-state index is 11.0. The molecule has 0 bridgehead atoms. The molecule has 0 aromatic heterocycles. The van der Waals surface area contributed by atoms with Gasteiger partial charge in [-0.25, -0.2) is 4.79 Å². The van der Waals surface area contributed by atoms with Crippen molar-refractivity contribution in [2.24, 2.45) is 11.8 Å². The molecule has 1 fully saturated rings. The van der Waals surface area contributed by atoms with Crippen molar-refractivity contribution < 1.29 is 4.79 Å². The Balaban J connectivity index is 2.24. The highest BCUT2D eigenvalue weighted by molar-refractivity contribution is 5.74. The molecule has 0 aromatic rings. The van der Waals surface area contributed by atoms with Gasteiger partial charge >= 0.3 is 6.03 Å². The van der Waals surface area contributed by atoms with Crippen molar-refractivity contribution in [2.75, 3.05) is 20.1 Å². The molecule has 64 valence electrons. The van der Waals surface area contributed by atoms with E-state index in [2.05, 4.69) is 19.2 Å². The first-order chi connectivity index (χ1) is 5.15. The van der Waals surface area contributed by atoms with E-state index in [1.165, 1.54) is 0 Å². The first-order valence-corrected chi connectivity index (χ1v) is 4.11. The molecule has 3 heteroatoms. The Morgan fingerprint density at radius 2 is 2.09 bits per heavy atom. The molecule has 0 spiro atoms. The van der Waals surface area contributed by atoms with Gasteiger partial charge in [-0.3, -0.25) is 0 Å². The zero-order valence-electron chi connectivity index (χ0n) is 7.42. The maximum Gasteiger partial charge on any atom is 0.317 e. The van der Waals surface area contributed by atoms with Crippen molar-refractivity contribution in [1.29, 1.82) is 0 Å². The number of nitrogens with one attached hydrogen (secondary N) is 1.